The number of hydrogen-bond acceptors (Lipinski definition) is 5. The highest BCUT2D eigenvalue weighted by Gasteiger charge is 2.31. The van der Waals surface area contributed by atoms with Gasteiger partial charge in [0.15, 0.2) is 0 Å². The van der Waals surface area contributed by atoms with Crippen molar-refractivity contribution in [1.29, 1.82) is 0 Å². The topological polar surface area (TPSA) is 47.4 Å². The van der Waals surface area contributed by atoms with Crippen LogP contribution in [0, 0.1) is 0 Å². The molecule has 0 atom stereocenters. The first-order valence-corrected chi connectivity index (χ1v) is 14.5. The van der Waals surface area contributed by atoms with Crippen LogP contribution in [0.1, 0.15) is 30.9 Å². The van der Waals surface area contributed by atoms with Crippen molar-refractivity contribution < 1.29 is 9.53 Å². The number of rotatable bonds is 9. The van der Waals surface area contributed by atoms with Gasteiger partial charge in [0.05, 0.1) is 16.3 Å². The van der Waals surface area contributed by atoms with Crippen molar-refractivity contribution in [2.45, 2.75) is 26.4 Å². The van der Waals surface area contributed by atoms with E-state index in [0.717, 1.165) is 40.9 Å². The molecule has 1 amide bonds. The van der Waals surface area contributed by atoms with Crippen molar-refractivity contribution in [2.24, 2.45) is 0 Å². The molecule has 2 heterocycles. The number of ether oxygens (including phenoxy) is 1. The van der Waals surface area contributed by atoms with Gasteiger partial charge in [-0.2, -0.15) is 5.10 Å². The van der Waals surface area contributed by atoms with E-state index in [9.17, 15) is 4.79 Å². The predicted molar refractivity (Wildman–Crippen MR) is 165 cm³/mol. The van der Waals surface area contributed by atoms with Crippen LogP contribution >= 0.6 is 47.2 Å². The smallest absolute Gasteiger partial charge is 0.266 e. The highest BCUT2D eigenvalue weighted by molar-refractivity contribution is 8.26. The minimum atomic E-state index is -0.0542. The minimum Gasteiger partial charge on any atom is -0.489 e. The second-order valence-electron chi connectivity index (χ2n) is 8.95. The Morgan fingerprint density at radius 3 is 2.54 bits per heavy atom. The number of carbonyl (C=O) groups is 1. The highest BCUT2D eigenvalue weighted by Crippen LogP contribution is 2.35. The summed E-state index contributed by atoms with van der Waals surface area (Å²) in [5, 5.41) is 6.03. The summed E-state index contributed by atoms with van der Waals surface area (Å²) in [4.78, 5) is 15.4. The van der Waals surface area contributed by atoms with E-state index in [1.165, 1.54) is 11.8 Å². The molecule has 1 saturated heterocycles. The van der Waals surface area contributed by atoms with Crippen LogP contribution in [0.25, 0.3) is 23.0 Å². The molecule has 1 fully saturated rings. The summed E-state index contributed by atoms with van der Waals surface area (Å²) in [5.41, 5.74) is 4.26. The van der Waals surface area contributed by atoms with Gasteiger partial charge in [-0.3, -0.25) is 9.69 Å². The monoisotopic (exact) mass is 593 g/mol. The number of thiocarbonyl (C=S) groups is 1. The van der Waals surface area contributed by atoms with Gasteiger partial charge in [-0.05, 0) is 61.0 Å². The Kier molecular flexibility index (Phi) is 8.72. The number of amides is 1. The number of halogens is 2. The zero-order valence-electron chi connectivity index (χ0n) is 21.1. The van der Waals surface area contributed by atoms with Gasteiger partial charge < -0.3 is 4.74 Å². The predicted octanol–water partition coefficient (Wildman–Crippen LogP) is 8.43. The molecule has 1 aliphatic rings. The molecule has 0 N–H and O–H groups in total. The number of carbonyl (C=O) groups excluding carboxylic acids is 1. The Morgan fingerprint density at radius 2 is 1.82 bits per heavy atom. The highest BCUT2D eigenvalue weighted by atomic mass is 35.5. The zero-order chi connectivity index (χ0) is 27.4. The molecule has 0 spiro atoms. The molecule has 5 rings (SSSR count). The number of hydrogen-bond donors (Lipinski definition) is 0. The third kappa shape index (κ3) is 6.39. The molecule has 0 bridgehead atoms. The Morgan fingerprint density at radius 1 is 1.05 bits per heavy atom. The van der Waals surface area contributed by atoms with Crippen LogP contribution < -0.4 is 4.74 Å². The van der Waals surface area contributed by atoms with E-state index in [2.05, 4.69) is 6.92 Å². The van der Waals surface area contributed by atoms with E-state index in [1.807, 2.05) is 77.6 Å². The Balaban J connectivity index is 1.43. The summed E-state index contributed by atoms with van der Waals surface area (Å²) in [7, 11) is 0. The molecular weight excluding hydrogens is 569 g/mol. The lowest BCUT2D eigenvalue weighted by Gasteiger charge is -2.12. The molecule has 9 heteroatoms. The summed E-state index contributed by atoms with van der Waals surface area (Å²) in [5.74, 6) is 0.645. The van der Waals surface area contributed by atoms with Crippen molar-refractivity contribution in [3.05, 3.63) is 105 Å². The molecule has 0 saturated carbocycles. The van der Waals surface area contributed by atoms with Crippen molar-refractivity contribution in [1.82, 2.24) is 14.7 Å². The van der Waals surface area contributed by atoms with Gasteiger partial charge in [0.25, 0.3) is 5.91 Å². The summed E-state index contributed by atoms with van der Waals surface area (Å²) >= 11 is 19.1. The SMILES string of the molecule is CCCCN1C(=O)C(=Cc2cn(-c3ccccc3)nc2-c2ccc(OCc3ccc(Cl)cc3Cl)cc2)SC1=S. The van der Waals surface area contributed by atoms with Crippen LogP contribution in [0.2, 0.25) is 10.0 Å². The molecule has 1 aliphatic heterocycles. The van der Waals surface area contributed by atoms with Crippen LogP contribution in [-0.2, 0) is 11.4 Å². The standard InChI is InChI=1S/C30H25Cl2N3O2S2/c1-2-3-15-34-29(36)27(39-30(34)38)16-22-18-35(24-7-5-4-6-8-24)33-28(22)20-10-13-25(14-11-20)37-19-21-9-12-23(31)17-26(21)32/h4-14,16-18H,2-3,15,19H2,1H3. The van der Waals surface area contributed by atoms with Crippen LogP contribution in [0.4, 0.5) is 0 Å². The summed E-state index contributed by atoms with van der Waals surface area (Å²) in [6, 6.07) is 22.9. The van der Waals surface area contributed by atoms with Crippen molar-refractivity contribution >= 4 is 63.5 Å². The zero-order valence-corrected chi connectivity index (χ0v) is 24.3. The van der Waals surface area contributed by atoms with Crippen LogP contribution in [0.15, 0.2) is 83.9 Å². The molecule has 4 aromatic rings. The Hall–Kier alpha value is -3.10. The van der Waals surface area contributed by atoms with Gasteiger partial charge in [0.2, 0.25) is 0 Å². The van der Waals surface area contributed by atoms with E-state index in [1.54, 1.807) is 17.0 Å². The third-order valence-electron chi connectivity index (χ3n) is 6.20. The van der Waals surface area contributed by atoms with E-state index >= 15 is 0 Å². The third-order valence-corrected chi connectivity index (χ3v) is 8.16. The molecule has 198 valence electrons. The fraction of sp³-hybridized carbons (Fsp3) is 0.167. The first-order valence-electron chi connectivity index (χ1n) is 12.5. The number of thioether (sulfide) groups is 1. The number of aromatic nitrogens is 2. The normalized spacial score (nSPS) is 14.4. The molecule has 0 unspecified atom stereocenters. The van der Waals surface area contributed by atoms with Gasteiger partial charge in [-0.15, -0.1) is 0 Å². The number of unbranched alkanes of at least 4 members (excludes halogenated alkanes) is 1. The van der Waals surface area contributed by atoms with E-state index in [0.29, 0.717) is 38.2 Å². The minimum absolute atomic E-state index is 0.0542. The largest absolute Gasteiger partial charge is 0.489 e. The molecule has 0 radical (unpaired) electrons. The van der Waals surface area contributed by atoms with Crippen molar-refractivity contribution in [3.63, 3.8) is 0 Å². The lowest BCUT2D eigenvalue weighted by molar-refractivity contribution is -0.122. The molecular formula is C30H25Cl2N3O2S2. The van der Waals surface area contributed by atoms with Gasteiger partial charge >= 0.3 is 0 Å². The van der Waals surface area contributed by atoms with Crippen LogP contribution in [0.3, 0.4) is 0 Å². The summed E-state index contributed by atoms with van der Waals surface area (Å²) in [6.45, 7) is 3.06. The molecule has 5 nitrogen and oxygen atoms in total. The van der Waals surface area contributed by atoms with E-state index in [4.69, 9.17) is 45.3 Å². The molecule has 3 aromatic carbocycles. The Labute approximate surface area is 247 Å². The van der Waals surface area contributed by atoms with Crippen molar-refractivity contribution in [2.75, 3.05) is 6.54 Å². The average molecular weight is 595 g/mol. The van der Waals surface area contributed by atoms with E-state index in [-0.39, 0.29) is 5.91 Å². The van der Waals surface area contributed by atoms with Gasteiger partial charge in [0, 0.05) is 39.5 Å². The van der Waals surface area contributed by atoms with Gasteiger partial charge in [-0.1, -0.05) is 84.8 Å². The maximum Gasteiger partial charge on any atom is 0.266 e. The number of benzene rings is 3. The second-order valence-corrected chi connectivity index (χ2v) is 11.5. The van der Waals surface area contributed by atoms with Gasteiger partial charge in [0.1, 0.15) is 16.7 Å². The summed E-state index contributed by atoms with van der Waals surface area (Å²) in [6.07, 6.45) is 5.74. The van der Waals surface area contributed by atoms with Crippen LogP contribution in [-0.4, -0.2) is 31.5 Å². The van der Waals surface area contributed by atoms with Crippen molar-refractivity contribution in [3.8, 4) is 22.7 Å². The maximum absolute atomic E-state index is 13.1. The average Bonchev–Trinajstić information content (AvgIpc) is 3.48. The molecule has 1 aromatic heterocycles. The molecule has 39 heavy (non-hydrogen) atoms. The lowest BCUT2D eigenvalue weighted by Crippen LogP contribution is -2.28. The first-order chi connectivity index (χ1) is 18.9. The van der Waals surface area contributed by atoms with E-state index < -0.39 is 0 Å². The molecule has 0 aliphatic carbocycles. The fourth-order valence-corrected chi connectivity index (χ4v) is 5.85. The number of nitrogens with zero attached hydrogens (tertiary/aromatic N) is 3. The second kappa shape index (κ2) is 12.4. The first kappa shape index (κ1) is 27.5. The quantitative estimate of drug-likeness (QED) is 0.144. The number of para-hydroxylation sites is 1. The summed E-state index contributed by atoms with van der Waals surface area (Å²) < 4.78 is 8.37. The van der Waals surface area contributed by atoms with Crippen LogP contribution in [0.5, 0.6) is 5.75 Å². The maximum atomic E-state index is 13.1. The fourth-order valence-electron chi connectivity index (χ4n) is 4.09. The lowest BCUT2D eigenvalue weighted by atomic mass is 10.1. The Bertz CT molecular complexity index is 1540. The van der Waals surface area contributed by atoms with Gasteiger partial charge in [-0.25, -0.2) is 4.68 Å².